The number of aliphatic hydroxyl groups excluding tert-OH is 2. The number of carboxylic acid groups (broad SMARTS) is 1. The highest BCUT2D eigenvalue weighted by Gasteiger charge is 2.39. The van der Waals surface area contributed by atoms with E-state index in [1.807, 2.05) is 12.2 Å². The second-order valence-corrected chi connectivity index (χ2v) is 10.6. The van der Waals surface area contributed by atoms with Gasteiger partial charge in [-0.05, 0) is 91.0 Å². The number of aliphatic hydroxyl groups is 2. The maximum atomic E-state index is 10.6. The summed E-state index contributed by atoms with van der Waals surface area (Å²) in [5, 5.41) is 29.7. The van der Waals surface area contributed by atoms with Gasteiger partial charge in [-0.25, -0.2) is 0 Å². The molecule has 1 unspecified atom stereocenters. The molecule has 0 spiro atoms. The van der Waals surface area contributed by atoms with Gasteiger partial charge >= 0.3 is 5.97 Å². The molecule has 168 valence electrons. The number of thiophene rings is 1. The number of carboxylic acids is 1. The summed E-state index contributed by atoms with van der Waals surface area (Å²) in [4.78, 5) is 13.1. The fourth-order valence-corrected chi connectivity index (χ4v) is 6.09. The Balaban J connectivity index is 1.88. The van der Waals surface area contributed by atoms with Gasteiger partial charge < -0.3 is 15.3 Å². The van der Waals surface area contributed by atoms with E-state index in [1.54, 1.807) is 11.3 Å². The monoisotopic (exact) mass is 516 g/mol. The van der Waals surface area contributed by atoms with Gasteiger partial charge in [-0.2, -0.15) is 12.6 Å². The normalized spacial score (nSPS) is 25.5. The van der Waals surface area contributed by atoms with E-state index in [-0.39, 0.29) is 24.4 Å². The van der Waals surface area contributed by atoms with Crippen molar-refractivity contribution >= 4 is 45.9 Å². The van der Waals surface area contributed by atoms with Crippen molar-refractivity contribution in [3.8, 4) is 0 Å². The average molecular weight is 518 g/mol. The molecule has 0 aliphatic heterocycles. The van der Waals surface area contributed by atoms with Crippen molar-refractivity contribution in [1.82, 2.24) is 0 Å². The van der Waals surface area contributed by atoms with Crippen LogP contribution in [0.4, 0.5) is 0 Å². The lowest BCUT2D eigenvalue weighted by molar-refractivity contribution is -0.137. The minimum Gasteiger partial charge on any atom is -0.481 e. The molecule has 5 atom stereocenters. The second kappa shape index (κ2) is 13.1. The molecule has 0 radical (unpaired) electrons. The van der Waals surface area contributed by atoms with Crippen molar-refractivity contribution in [2.75, 3.05) is 5.75 Å². The number of carbonyl (C=O) groups is 1. The van der Waals surface area contributed by atoms with Gasteiger partial charge in [0.15, 0.2) is 0 Å². The van der Waals surface area contributed by atoms with E-state index < -0.39 is 12.1 Å². The number of hydrogen-bond acceptors (Lipinski definition) is 5. The van der Waals surface area contributed by atoms with Gasteiger partial charge in [-0.1, -0.05) is 24.3 Å². The first-order valence-electron chi connectivity index (χ1n) is 10.6. The molecule has 1 saturated carbocycles. The first kappa shape index (κ1) is 25.7. The summed E-state index contributed by atoms with van der Waals surface area (Å²) >= 11 is 9.77. The van der Waals surface area contributed by atoms with Gasteiger partial charge in [0, 0.05) is 20.6 Å². The summed E-state index contributed by atoms with van der Waals surface area (Å²) in [6, 6.07) is 2.12. The van der Waals surface area contributed by atoms with Gasteiger partial charge in [0.25, 0.3) is 0 Å². The van der Waals surface area contributed by atoms with Crippen molar-refractivity contribution in [2.24, 2.45) is 17.8 Å². The van der Waals surface area contributed by atoms with E-state index in [4.69, 9.17) is 5.11 Å². The molecule has 1 aliphatic carbocycles. The van der Waals surface area contributed by atoms with E-state index in [9.17, 15) is 15.0 Å². The van der Waals surface area contributed by atoms with E-state index in [2.05, 4.69) is 53.7 Å². The van der Waals surface area contributed by atoms with Crippen molar-refractivity contribution < 1.29 is 20.1 Å². The van der Waals surface area contributed by atoms with Crippen LogP contribution < -0.4 is 0 Å². The van der Waals surface area contributed by atoms with Crippen LogP contribution in [0.5, 0.6) is 0 Å². The average Bonchev–Trinajstić information content (AvgIpc) is 3.19. The highest BCUT2D eigenvalue weighted by atomic mass is 79.9. The maximum Gasteiger partial charge on any atom is 0.303 e. The minimum atomic E-state index is -0.767. The predicted octanol–water partition coefficient (Wildman–Crippen LogP) is 5.41. The van der Waals surface area contributed by atoms with Gasteiger partial charge in [0.1, 0.15) is 0 Å². The van der Waals surface area contributed by atoms with Crippen LogP contribution in [0, 0.1) is 24.7 Å². The number of thiol groups is 1. The summed E-state index contributed by atoms with van der Waals surface area (Å²) in [6.07, 6.45) is 11.7. The molecule has 0 amide bonds. The molecule has 1 heterocycles. The van der Waals surface area contributed by atoms with Crippen LogP contribution in [0.25, 0.3) is 0 Å². The second-order valence-electron chi connectivity index (χ2n) is 8.09. The summed E-state index contributed by atoms with van der Waals surface area (Å²) < 4.78 is 1.13. The molecule has 1 fully saturated rings. The van der Waals surface area contributed by atoms with Gasteiger partial charge in [-0.15, -0.1) is 11.3 Å². The van der Waals surface area contributed by atoms with E-state index >= 15 is 0 Å². The summed E-state index contributed by atoms with van der Waals surface area (Å²) in [5.74, 6) is 0.542. The molecule has 0 aromatic carbocycles. The van der Waals surface area contributed by atoms with E-state index in [0.29, 0.717) is 24.5 Å². The quantitative estimate of drug-likeness (QED) is 0.170. The lowest BCUT2D eigenvalue weighted by Crippen LogP contribution is -2.19. The van der Waals surface area contributed by atoms with Gasteiger partial charge in [-0.3, -0.25) is 4.79 Å². The molecule has 2 rings (SSSR count). The number of unbranched alkanes of at least 4 members (excludes halogenated alkanes) is 1. The molecule has 1 aliphatic rings. The number of aliphatic carboxylic acids is 1. The lowest BCUT2D eigenvalue weighted by atomic mass is 9.86. The predicted molar refractivity (Wildman–Crippen MR) is 130 cm³/mol. The van der Waals surface area contributed by atoms with Crippen LogP contribution in [-0.2, 0) is 11.2 Å². The van der Waals surface area contributed by atoms with E-state index in [0.717, 1.165) is 30.2 Å². The van der Waals surface area contributed by atoms with Crippen molar-refractivity contribution in [1.29, 1.82) is 0 Å². The summed E-state index contributed by atoms with van der Waals surface area (Å²) in [7, 11) is 0. The number of hydrogen-bond donors (Lipinski definition) is 4. The molecule has 7 heteroatoms. The smallest absolute Gasteiger partial charge is 0.303 e. The third-order valence-corrected chi connectivity index (χ3v) is 8.46. The Labute approximate surface area is 197 Å². The lowest BCUT2D eigenvalue weighted by Gasteiger charge is -2.21. The molecule has 0 saturated heterocycles. The molecule has 3 N–H and O–H groups in total. The molecule has 0 bridgehead atoms. The molecular formula is C23H33BrO4S2. The fourth-order valence-electron chi connectivity index (χ4n) is 4.08. The Hall–Kier alpha value is -0.600. The Kier molecular flexibility index (Phi) is 11.2. The first-order valence-corrected chi connectivity index (χ1v) is 12.8. The van der Waals surface area contributed by atoms with Gasteiger partial charge in [0.2, 0.25) is 0 Å². The number of rotatable bonds is 12. The van der Waals surface area contributed by atoms with E-state index in [1.165, 1.54) is 9.75 Å². The molecule has 30 heavy (non-hydrogen) atoms. The van der Waals surface area contributed by atoms with Crippen LogP contribution in [0.15, 0.2) is 34.8 Å². The van der Waals surface area contributed by atoms with Crippen molar-refractivity contribution in [2.45, 2.75) is 64.1 Å². The van der Waals surface area contributed by atoms with Crippen molar-refractivity contribution in [3.05, 3.63) is 44.6 Å². The van der Waals surface area contributed by atoms with Crippen LogP contribution in [0.1, 0.15) is 48.3 Å². The summed E-state index contributed by atoms with van der Waals surface area (Å²) in [6.45, 7) is 2.08. The van der Waals surface area contributed by atoms with Crippen LogP contribution >= 0.6 is 39.9 Å². The Morgan fingerprint density at radius 2 is 2.20 bits per heavy atom. The minimum absolute atomic E-state index is 0.109. The van der Waals surface area contributed by atoms with Crippen LogP contribution in [0.3, 0.4) is 0 Å². The molecule has 1 aromatic rings. The van der Waals surface area contributed by atoms with Crippen LogP contribution in [0.2, 0.25) is 0 Å². The summed E-state index contributed by atoms with van der Waals surface area (Å²) in [5.41, 5.74) is 0. The molecule has 4 nitrogen and oxygen atoms in total. The third-order valence-electron chi connectivity index (χ3n) is 5.80. The highest BCUT2D eigenvalue weighted by Crippen LogP contribution is 2.41. The number of allylic oxidation sites excluding steroid dienone is 3. The SMILES string of the molecule is Cc1sc(CC[C@H](O)/C=C/[C@H]2[C@H](CS)CC(O)[C@@H]2C/C=C\CCCC(=O)O)cc1Br. The highest BCUT2D eigenvalue weighted by molar-refractivity contribution is 9.10. The zero-order valence-electron chi connectivity index (χ0n) is 17.4. The number of aryl methyl sites for hydroxylation is 2. The standard InChI is InChI=1S/C23H33BrO4S2/c1-15-21(24)13-18(30-15)10-8-17(25)9-11-19-16(14-29)12-22(26)20(19)6-4-2-3-5-7-23(27)28/h2,4,9,11,13,16-17,19-20,22,25-26,29H,3,5-8,10,12,14H2,1H3,(H,27,28)/b4-2-,11-9+/t16-,17-,19-,20+,22?/m0/s1. The number of halogens is 1. The third kappa shape index (κ3) is 8.15. The van der Waals surface area contributed by atoms with Gasteiger partial charge in [0.05, 0.1) is 12.2 Å². The molecular weight excluding hydrogens is 484 g/mol. The Morgan fingerprint density at radius 1 is 1.43 bits per heavy atom. The first-order chi connectivity index (χ1) is 14.3. The topological polar surface area (TPSA) is 77.8 Å². The maximum absolute atomic E-state index is 10.6. The zero-order valence-corrected chi connectivity index (χ0v) is 20.7. The largest absolute Gasteiger partial charge is 0.481 e. The zero-order chi connectivity index (χ0) is 22.1. The molecule has 1 aromatic heterocycles. The Morgan fingerprint density at radius 3 is 2.83 bits per heavy atom. The fraction of sp³-hybridized carbons (Fsp3) is 0.609. The van der Waals surface area contributed by atoms with Crippen LogP contribution in [-0.4, -0.2) is 39.2 Å². The Bertz CT molecular complexity index is 711. The van der Waals surface area contributed by atoms with Crippen molar-refractivity contribution in [3.63, 3.8) is 0 Å².